The van der Waals surface area contributed by atoms with Gasteiger partial charge in [-0.15, -0.1) is 0 Å². The highest BCUT2D eigenvalue weighted by atomic mass is 16.4. The number of rotatable bonds is 4. The number of hydrogen-bond donors (Lipinski definition) is 3. The van der Waals surface area contributed by atoms with Crippen LogP contribution in [0.4, 0.5) is 0 Å². The zero-order valence-corrected chi connectivity index (χ0v) is 30.2. The first-order chi connectivity index (χ1) is 22.5. The molecule has 3 N–H and O–H groups in total. The molecule has 0 aliphatic heterocycles. The van der Waals surface area contributed by atoms with Crippen LogP contribution in [0.3, 0.4) is 0 Å². The summed E-state index contributed by atoms with van der Waals surface area (Å²) < 4.78 is 6.41. The molecule has 0 spiro atoms. The molecule has 1 aromatic heterocycles. The van der Waals surface area contributed by atoms with Crippen LogP contribution in [0.1, 0.15) is 140 Å². The second kappa shape index (κ2) is 10.9. The largest absolute Gasteiger partial charge is 0.504 e. The number of benzene rings is 1. The fourth-order valence-corrected chi connectivity index (χ4v) is 11.7. The highest BCUT2D eigenvalue weighted by molar-refractivity contribution is 6.29. The number of furan rings is 1. The van der Waals surface area contributed by atoms with Crippen LogP contribution >= 0.6 is 0 Å². The van der Waals surface area contributed by atoms with E-state index in [2.05, 4.69) is 67.5 Å². The van der Waals surface area contributed by atoms with Gasteiger partial charge in [-0.05, 0) is 129 Å². The minimum absolute atomic E-state index is 0.0148. The van der Waals surface area contributed by atoms with Crippen LogP contribution in [0.5, 0.6) is 11.5 Å². The number of aliphatic hydroxyl groups excluding tert-OH is 1. The van der Waals surface area contributed by atoms with Crippen molar-refractivity contribution >= 4 is 22.5 Å². The van der Waals surface area contributed by atoms with Gasteiger partial charge in [0.2, 0.25) is 11.6 Å². The lowest BCUT2D eigenvalue weighted by atomic mass is 9.46. The molecule has 8 atom stereocenters. The third kappa shape index (κ3) is 4.35. The number of allylic oxidation sites excluding steroid dienone is 6. The van der Waals surface area contributed by atoms with Crippen LogP contribution in [0.2, 0.25) is 0 Å². The zero-order valence-electron chi connectivity index (χ0n) is 30.2. The van der Waals surface area contributed by atoms with E-state index in [9.17, 15) is 24.9 Å². The zero-order chi connectivity index (χ0) is 34.7. The summed E-state index contributed by atoms with van der Waals surface area (Å²) >= 11 is 0. The lowest BCUT2D eigenvalue weighted by Crippen LogP contribution is -2.50. The first-order valence-electron chi connectivity index (χ1n) is 18.3. The van der Waals surface area contributed by atoms with Gasteiger partial charge in [-0.25, -0.2) is 0 Å². The number of phenols is 2. The summed E-state index contributed by atoms with van der Waals surface area (Å²) in [6, 6.07) is 1.32. The number of carbonyl (C=O) groups is 2. The molecule has 1 heterocycles. The summed E-state index contributed by atoms with van der Waals surface area (Å²) in [6.45, 7) is 18.2. The molecular weight excluding hydrogens is 600 g/mol. The molecule has 8 unspecified atom stereocenters. The van der Waals surface area contributed by atoms with Crippen molar-refractivity contribution in [2.24, 2.45) is 45.3 Å². The van der Waals surface area contributed by atoms with Crippen LogP contribution in [-0.4, -0.2) is 26.9 Å². The van der Waals surface area contributed by atoms with E-state index in [0.29, 0.717) is 42.1 Å². The molecule has 6 heteroatoms. The molecule has 258 valence electrons. The predicted octanol–water partition coefficient (Wildman–Crippen LogP) is 10.6. The van der Waals surface area contributed by atoms with Gasteiger partial charge < -0.3 is 19.7 Å². The topological polar surface area (TPSA) is 108 Å². The van der Waals surface area contributed by atoms with Crippen molar-refractivity contribution in [3.05, 3.63) is 57.6 Å². The van der Waals surface area contributed by atoms with E-state index in [-0.39, 0.29) is 61.0 Å². The number of hydrogen-bond acceptors (Lipinski definition) is 6. The minimum atomic E-state index is -0.651. The Bertz CT molecular complexity index is 1840. The second-order valence-electron chi connectivity index (χ2n) is 17.5. The molecule has 2 aromatic rings. The number of ketones is 2. The summed E-state index contributed by atoms with van der Waals surface area (Å²) in [5.41, 5.74) is 3.12. The molecule has 0 radical (unpaired) electrons. The molecule has 0 bridgehead atoms. The Balaban J connectivity index is 1.31. The van der Waals surface area contributed by atoms with Gasteiger partial charge in [-0.1, -0.05) is 64.8 Å². The Morgan fingerprint density at radius 2 is 1.29 bits per heavy atom. The molecule has 2 fully saturated rings. The third-order valence-corrected chi connectivity index (χ3v) is 15.5. The van der Waals surface area contributed by atoms with Crippen molar-refractivity contribution in [2.75, 3.05) is 0 Å². The predicted molar refractivity (Wildman–Crippen MR) is 188 cm³/mol. The van der Waals surface area contributed by atoms with Crippen molar-refractivity contribution in [3.63, 3.8) is 0 Å². The van der Waals surface area contributed by atoms with Crippen molar-refractivity contribution in [1.82, 2.24) is 0 Å². The van der Waals surface area contributed by atoms with E-state index in [4.69, 9.17) is 4.42 Å². The number of Topliss-reactive ketones (excluding diaryl/α,β-unsaturated/α-hetero) is 2. The summed E-state index contributed by atoms with van der Waals surface area (Å²) in [4.78, 5) is 28.5. The Morgan fingerprint density at radius 1 is 0.771 bits per heavy atom. The van der Waals surface area contributed by atoms with E-state index in [1.54, 1.807) is 0 Å². The second-order valence-corrected chi connectivity index (χ2v) is 17.5. The first-order valence-corrected chi connectivity index (χ1v) is 18.3. The summed E-state index contributed by atoms with van der Waals surface area (Å²) in [5, 5.41) is 34.3. The van der Waals surface area contributed by atoms with Gasteiger partial charge in [0.05, 0.1) is 5.56 Å². The van der Waals surface area contributed by atoms with Gasteiger partial charge >= 0.3 is 0 Å². The van der Waals surface area contributed by atoms with E-state index in [0.717, 1.165) is 51.4 Å². The van der Waals surface area contributed by atoms with E-state index >= 15 is 0 Å². The van der Waals surface area contributed by atoms with Crippen LogP contribution < -0.4 is 0 Å². The van der Waals surface area contributed by atoms with Gasteiger partial charge in [-0.2, -0.15) is 0 Å². The monoisotopic (exact) mass is 654 g/mol. The maximum Gasteiger partial charge on any atom is 0.232 e. The van der Waals surface area contributed by atoms with Crippen LogP contribution in [-0.2, 0) is 6.42 Å². The van der Waals surface area contributed by atoms with Gasteiger partial charge in [0, 0.05) is 16.5 Å². The maximum absolute atomic E-state index is 14.4. The van der Waals surface area contributed by atoms with E-state index in [1.165, 1.54) is 17.2 Å². The quantitative estimate of drug-likeness (QED) is 0.224. The lowest BCUT2D eigenvalue weighted by Gasteiger charge is -2.58. The normalized spacial score (nSPS) is 38.3. The molecule has 5 aliphatic carbocycles. The summed E-state index contributed by atoms with van der Waals surface area (Å²) in [6.07, 6.45) is 13.7. The lowest BCUT2D eigenvalue weighted by molar-refractivity contribution is -0.0413. The van der Waals surface area contributed by atoms with Crippen molar-refractivity contribution in [2.45, 2.75) is 120 Å². The van der Waals surface area contributed by atoms with Crippen molar-refractivity contribution in [3.8, 4) is 11.5 Å². The molecular formula is C42H54O6. The van der Waals surface area contributed by atoms with Gasteiger partial charge in [0.25, 0.3) is 0 Å². The molecule has 7 rings (SSSR count). The Hall–Kier alpha value is -3.28. The standard InChI is InChI=1S/C42H54O6/c1-22-11-9-13-30-39(22,5)17-15-24(3)41(30,7)20-27-34(45)36(47)32-26-19-29(43)33(44)28(37(26)48-38(32)35(27)46)21-42(8)25(4)16-18-40(6)23(2)12-10-14-31(40)42/h11-12,19,24-25,30-31,43-45H,9-10,13-18,20-21H2,1-8H3. The van der Waals surface area contributed by atoms with Crippen LogP contribution in [0, 0.1) is 45.3 Å². The summed E-state index contributed by atoms with van der Waals surface area (Å²) in [7, 11) is 0. The van der Waals surface area contributed by atoms with E-state index in [1.807, 2.05) is 0 Å². The third-order valence-electron chi connectivity index (χ3n) is 15.5. The molecule has 6 nitrogen and oxygen atoms in total. The molecule has 48 heavy (non-hydrogen) atoms. The SMILES string of the molecule is CC1=CCCC2C1(C)CCC(C)C2(C)CC1=C(O)C(=O)c2c(oc3c(CC4(C)C(C)CCC5(C)C(C)=CCCC54)c(O)c(O)cc23)C1=O. The van der Waals surface area contributed by atoms with Crippen molar-refractivity contribution < 1.29 is 29.3 Å². The highest BCUT2D eigenvalue weighted by Crippen LogP contribution is 2.64. The smallest absolute Gasteiger partial charge is 0.232 e. The fraction of sp³-hybridized carbons (Fsp3) is 0.619. The first kappa shape index (κ1) is 33.2. The molecule has 5 aliphatic rings. The number of fused-ring (bicyclic) bond motifs is 5. The Kier molecular flexibility index (Phi) is 7.52. The Labute approximate surface area is 285 Å². The van der Waals surface area contributed by atoms with Crippen molar-refractivity contribution in [1.29, 1.82) is 0 Å². The van der Waals surface area contributed by atoms with E-state index < -0.39 is 17.3 Å². The van der Waals surface area contributed by atoms with Crippen LogP contribution in [0.25, 0.3) is 11.0 Å². The fourth-order valence-electron chi connectivity index (χ4n) is 11.7. The van der Waals surface area contributed by atoms with Gasteiger partial charge in [0.1, 0.15) is 5.58 Å². The van der Waals surface area contributed by atoms with Gasteiger partial charge in [0.15, 0.2) is 23.0 Å². The average Bonchev–Trinajstić information content (AvgIpc) is 3.42. The number of aromatic hydroxyl groups is 2. The average molecular weight is 655 g/mol. The number of carbonyl (C=O) groups excluding carboxylic acids is 2. The highest BCUT2D eigenvalue weighted by Gasteiger charge is 2.56. The summed E-state index contributed by atoms with van der Waals surface area (Å²) in [5.74, 6) is -1.05. The number of phenolic OH excluding ortho intramolecular Hbond substituents is 2. The Morgan fingerprint density at radius 3 is 1.83 bits per heavy atom. The molecule has 1 aromatic carbocycles. The minimum Gasteiger partial charge on any atom is -0.504 e. The maximum atomic E-state index is 14.4. The molecule has 0 saturated heterocycles. The van der Waals surface area contributed by atoms with Gasteiger partial charge in [-0.3, -0.25) is 9.59 Å². The molecule has 2 saturated carbocycles. The van der Waals surface area contributed by atoms with Crippen LogP contribution in [0.15, 0.2) is 45.1 Å². The molecule has 0 amide bonds. The number of aliphatic hydroxyl groups is 1.